The summed E-state index contributed by atoms with van der Waals surface area (Å²) in [6.07, 6.45) is 1.73. The molecule has 0 aliphatic carbocycles. The lowest BCUT2D eigenvalue weighted by Crippen LogP contribution is -2.39. The van der Waals surface area contributed by atoms with E-state index in [0.717, 1.165) is 0 Å². The van der Waals surface area contributed by atoms with Gasteiger partial charge in [0.1, 0.15) is 6.61 Å². The second-order valence-corrected chi connectivity index (χ2v) is 11.0. The average molecular weight is 619 g/mol. The molecule has 0 radical (unpaired) electrons. The lowest BCUT2D eigenvalue weighted by molar-refractivity contribution is -0.139. The van der Waals surface area contributed by atoms with Gasteiger partial charge in [0.25, 0.3) is 5.56 Å². The Bertz CT molecular complexity index is 1930. The maximum absolute atomic E-state index is 13.8. The highest BCUT2D eigenvalue weighted by Gasteiger charge is 2.33. The van der Waals surface area contributed by atoms with Crippen molar-refractivity contribution >= 4 is 41.0 Å². The van der Waals surface area contributed by atoms with Crippen molar-refractivity contribution in [3.63, 3.8) is 0 Å². The van der Waals surface area contributed by atoms with Crippen LogP contribution >= 0.6 is 22.9 Å². The van der Waals surface area contributed by atoms with Crippen LogP contribution in [0.25, 0.3) is 6.08 Å². The molecule has 3 aromatic carbocycles. The number of thiazole rings is 1. The van der Waals surface area contributed by atoms with Crippen LogP contribution in [0.3, 0.4) is 0 Å². The van der Waals surface area contributed by atoms with Crippen LogP contribution in [-0.2, 0) is 16.1 Å². The predicted molar refractivity (Wildman–Crippen MR) is 163 cm³/mol. The Hall–Kier alpha value is -4.67. The average Bonchev–Trinajstić information content (AvgIpc) is 3.30. The summed E-state index contributed by atoms with van der Waals surface area (Å²) >= 11 is 7.34. The minimum absolute atomic E-state index is 0.141. The van der Waals surface area contributed by atoms with Crippen LogP contribution in [-0.4, -0.2) is 35.3 Å². The summed E-state index contributed by atoms with van der Waals surface area (Å²) in [5.41, 5.74) is 2.71. The number of rotatable bonds is 9. The largest absolute Gasteiger partial charge is 0.493 e. The first-order chi connectivity index (χ1) is 20.7. The minimum Gasteiger partial charge on any atom is -0.493 e. The van der Waals surface area contributed by atoms with Gasteiger partial charge in [-0.15, -0.1) is 0 Å². The van der Waals surface area contributed by atoms with E-state index in [1.165, 1.54) is 29.1 Å². The number of methoxy groups -OCH3 is 1. The van der Waals surface area contributed by atoms with Crippen molar-refractivity contribution in [2.45, 2.75) is 26.5 Å². The number of carbonyl (C=O) groups excluding carboxylic acids is 1. The van der Waals surface area contributed by atoms with Gasteiger partial charge in [-0.3, -0.25) is 9.36 Å². The van der Waals surface area contributed by atoms with E-state index in [9.17, 15) is 19.5 Å². The lowest BCUT2D eigenvalue weighted by atomic mass is 9.96. The fourth-order valence-corrected chi connectivity index (χ4v) is 5.92. The molecule has 9 nitrogen and oxygen atoms in total. The molecule has 4 aromatic rings. The fraction of sp³-hybridized carbons (Fsp3) is 0.188. The van der Waals surface area contributed by atoms with E-state index in [2.05, 4.69) is 4.99 Å². The Labute approximate surface area is 255 Å². The van der Waals surface area contributed by atoms with Crippen LogP contribution in [0.4, 0.5) is 0 Å². The molecular weight excluding hydrogens is 592 g/mol. The molecule has 1 aliphatic heterocycles. The van der Waals surface area contributed by atoms with E-state index in [0.29, 0.717) is 53.8 Å². The molecule has 0 saturated carbocycles. The number of hydrogen-bond donors (Lipinski definition) is 1. The molecule has 0 fully saturated rings. The molecular formula is C32H27ClN2O7S. The van der Waals surface area contributed by atoms with Crippen LogP contribution in [0.15, 0.2) is 87.8 Å². The normalized spacial score (nSPS) is 14.6. The summed E-state index contributed by atoms with van der Waals surface area (Å²) in [6.45, 7) is 3.78. The smallest absolute Gasteiger partial charge is 0.338 e. The van der Waals surface area contributed by atoms with Gasteiger partial charge in [0, 0.05) is 5.02 Å². The van der Waals surface area contributed by atoms with Gasteiger partial charge in [-0.2, -0.15) is 0 Å². The van der Waals surface area contributed by atoms with Crippen LogP contribution in [0.2, 0.25) is 5.02 Å². The first-order valence-electron chi connectivity index (χ1n) is 13.3. The Balaban J connectivity index is 1.51. The standard InChI is InChI=1S/C32H27ClN2O7S/c1-4-41-31(39)27-18(2)34-32-35(28(27)21-9-11-23(33)12-10-21)29(36)26(43-32)16-19-8-13-24(25(15-19)40-3)42-17-20-6-5-7-22(14-20)30(37)38/h5-16,28H,4,17H2,1-3H3,(H,37,38)/b26-16-/t28-/m1/s1. The van der Waals surface area contributed by atoms with Gasteiger partial charge in [-0.05, 0) is 73.0 Å². The molecule has 5 rings (SSSR count). The number of benzene rings is 3. The third-order valence-electron chi connectivity index (χ3n) is 6.76. The molecule has 1 atom stereocenters. The highest BCUT2D eigenvalue weighted by atomic mass is 35.5. The number of carbonyl (C=O) groups is 2. The third-order valence-corrected chi connectivity index (χ3v) is 7.99. The topological polar surface area (TPSA) is 116 Å². The maximum atomic E-state index is 13.8. The summed E-state index contributed by atoms with van der Waals surface area (Å²) in [6, 6.07) is 18.0. The molecule has 0 bridgehead atoms. The monoisotopic (exact) mass is 618 g/mol. The zero-order valence-electron chi connectivity index (χ0n) is 23.5. The van der Waals surface area contributed by atoms with Crippen LogP contribution in [0, 0.1) is 0 Å². The van der Waals surface area contributed by atoms with Crippen molar-refractivity contribution in [1.29, 1.82) is 0 Å². The number of allylic oxidation sites excluding steroid dienone is 1. The molecule has 0 amide bonds. The number of ether oxygens (including phenoxy) is 3. The summed E-state index contributed by atoms with van der Waals surface area (Å²) in [5, 5.41) is 9.77. The number of fused-ring (bicyclic) bond motifs is 1. The molecule has 1 N–H and O–H groups in total. The molecule has 11 heteroatoms. The van der Waals surface area contributed by atoms with E-state index in [-0.39, 0.29) is 24.3 Å². The summed E-state index contributed by atoms with van der Waals surface area (Å²) < 4.78 is 18.7. The molecule has 0 unspecified atom stereocenters. The lowest BCUT2D eigenvalue weighted by Gasteiger charge is -2.24. The van der Waals surface area contributed by atoms with Crippen LogP contribution in [0.1, 0.15) is 46.9 Å². The van der Waals surface area contributed by atoms with Gasteiger partial charge in [-0.25, -0.2) is 14.6 Å². The van der Waals surface area contributed by atoms with E-state index in [1.807, 2.05) is 0 Å². The Morgan fingerprint density at radius 1 is 1.09 bits per heavy atom. The van der Waals surface area contributed by atoms with Gasteiger partial charge in [0.15, 0.2) is 16.3 Å². The van der Waals surface area contributed by atoms with E-state index >= 15 is 0 Å². The zero-order valence-corrected chi connectivity index (χ0v) is 25.1. The van der Waals surface area contributed by atoms with E-state index in [4.69, 9.17) is 25.8 Å². The van der Waals surface area contributed by atoms with Gasteiger partial charge >= 0.3 is 11.9 Å². The quantitative estimate of drug-likeness (QED) is 0.269. The number of aromatic nitrogens is 1. The van der Waals surface area contributed by atoms with Crippen LogP contribution in [0.5, 0.6) is 11.5 Å². The number of esters is 1. The van der Waals surface area contributed by atoms with E-state index in [1.54, 1.807) is 80.6 Å². The first kappa shape index (κ1) is 29.8. The number of aromatic carboxylic acids is 1. The SMILES string of the molecule is CCOC(=O)C1=C(C)N=c2s/c(=C\c3ccc(OCc4cccc(C(=O)O)c4)c(OC)c3)c(=O)n2[C@@H]1c1ccc(Cl)cc1. The maximum Gasteiger partial charge on any atom is 0.338 e. The third kappa shape index (κ3) is 6.25. The minimum atomic E-state index is -1.01. The number of nitrogens with zero attached hydrogens (tertiary/aromatic N) is 2. The van der Waals surface area contributed by atoms with Crippen molar-refractivity contribution in [2.75, 3.05) is 13.7 Å². The van der Waals surface area contributed by atoms with Crippen molar-refractivity contribution in [3.8, 4) is 11.5 Å². The van der Waals surface area contributed by atoms with Crippen LogP contribution < -0.4 is 24.4 Å². The predicted octanol–water partition coefficient (Wildman–Crippen LogP) is 4.74. The number of hydrogen-bond acceptors (Lipinski definition) is 8. The van der Waals surface area contributed by atoms with Gasteiger partial charge in [0.05, 0.1) is 41.1 Å². The second-order valence-electron chi connectivity index (χ2n) is 9.56. The molecule has 1 aromatic heterocycles. The number of carboxylic acid groups (broad SMARTS) is 1. The van der Waals surface area contributed by atoms with Gasteiger partial charge < -0.3 is 19.3 Å². The van der Waals surface area contributed by atoms with Crippen molar-refractivity contribution < 1.29 is 28.9 Å². The molecule has 1 aliphatic rings. The highest BCUT2D eigenvalue weighted by molar-refractivity contribution is 7.07. The van der Waals surface area contributed by atoms with Crippen molar-refractivity contribution in [2.24, 2.45) is 4.99 Å². The second kappa shape index (κ2) is 12.7. The molecule has 2 heterocycles. The first-order valence-corrected chi connectivity index (χ1v) is 14.5. The Morgan fingerprint density at radius 3 is 2.56 bits per heavy atom. The molecule has 220 valence electrons. The van der Waals surface area contributed by atoms with E-state index < -0.39 is 18.0 Å². The molecule has 43 heavy (non-hydrogen) atoms. The Morgan fingerprint density at radius 2 is 1.86 bits per heavy atom. The summed E-state index contributed by atoms with van der Waals surface area (Å²) in [5.74, 6) is -0.650. The fourth-order valence-electron chi connectivity index (χ4n) is 4.75. The molecule has 0 saturated heterocycles. The van der Waals surface area contributed by atoms with Crippen molar-refractivity contribution in [1.82, 2.24) is 4.57 Å². The van der Waals surface area contributed by atoms with Crippen molar-refractivity contribution in [3.05, 3.63) is 125 Å². The van der Waals surface area contributed by atoms with Gasteiger partial charge in [0.2, 0.25) is 0 Å². The number of halogens is 1. The van der Waals surface area contributed by atoms with Gasteiger partial charge in [-0.1, -0.05) is 53.3 Å². The molecule has 0 spiro atoms. The number of carboxylic acids is 1. The summed E-state index contributed by atoms with van der Waals surface area (Å²) in [4.78, 5) is 43.2. The summed E-state index contributed by atoms with van der Waals surface area (Å²) in [7, 11) is 1.51. The highest BCUT2D eigenvalue weighted by Crippen LogP contribution is 2.32. The zero-order chi connectivity index (χ0) is 30.7. The Kier molecular flexibility index (Phi) is 8.79.